The molecule has 2 amide bonds. The Morgan fingerprint density at radius 3 is 2.39 bits per heavy atom. The number of carbonyl (C=O) groups is 2. The van der Waals surface area contributed by atoms with Gasteiger partial charge >= 0.3 is 0 Å². The van der Waals surface area contributed by atoms with E-state index in [2.05, 4.69) is 19.2 Å². The molecule has 1 aliphatic rings. The fraction of sp³-hybridized carbons (Fsp3) is 0.636. The van der Waals surface area contributed by atoms with Gasteiger partial charge in [0.25, 0.3) is 11.8 Å². The molecule has 1 aromatic rings. The number of carbonyl (C=O) groups excluding carboxylic acids is 2. The summed E-state index contributed by atoms with van der Waals surface area (Å²) in [5.41, 5.74) is 0.571. The molecule has 2 unspecified atom stereocenters. The van der Waals surface area contributed by atoms with Crippen molar-refractivity contribution in [3.63, 3.8) is 0 Å². The van der Waals surface area contributed by atoms with Crippen LogP contribution in [0.15, 0.2) is 24.3 Å². The summed E-state index contributed by atoms with van der Waals surface area (Å²) in [5.74, 6) is 0.487. The van der Waals surface area contributed by atoms with Crippen LogP contribution < -0.4 is 10.1 Å². The highest BCUT2D eigenvalue weighted by molar-refractivity contribution is 5.94. The van der Waals surface area contributed by atoms with Crippen LogP contribution in [0.1, 0.15) is 63.7 Å². The maximum Gasteiger partial charge on any atom is 0.260 e. The van der Waals surface area contributed by atoms with Gasteiger partial charge in [0.05, 0.1) is 6.10 Å². The predicted molar refractivity (Wildman–Crippen MR) is 110 cm³/mol. The highest BCUT2D eigenvalue weighted by Crippen LogP contribution is 2.23. The van der Waals surface area contributed by atoms with E-state index in [-0.39, 0.29) is 36.6 Å². The Balaban J connectivity index is 1.76. The molecular formula is C22H34N2O4. The molecule has 6 heteroatoms. The van der Waals surface area contributed by atoms with Crippen molar-refractivity contribution in [2.45, 2.75) is 71.6 Å². The van der Waals surface area contributed by atoms with Gasteiger partial charge in [-0.3, -0.25) is 9.59 Å². The topological polar surface area (TPSA) is 67.9 Å². The summed E-state index contributed by atoms with van der Waals surface area (Å²) >= 11 is 0. The highest BCUT2D eigenvalue weighted by atomic mass is 16.5. The van der Waals surface area contributed by atoms with Crippen molar-refractivity contribution in [3.8, 4) is 5.75 Å². The quantitative estimate of drug-likeness (QED) is 0.656. The number of benzene rings is 1. The first-order chi connectivity index (χ1) is 13.4. The monoisotopic (exact) mass is 390 g/mol. The Kier molecular flexibility index (Phi) is 8.77. The van der Waals surface area contributed by atoms with Gasteiger partial charge in [-0.1, -0.05) is 0 Å². The zero-order chi connectivity index (χ0) is 20.5. The lowest BCUT2D eigenvalue weighted by Crippen LogP contribution is -2.49. The molecule has 1 aliphatic heterocycles. The van der Waals surface area contributed by atoms with E-state index in [4.69, 9.17) is 9.47 Å². The normalized spacial score (nSPS) is 19.5. The van der Waals surface area contributed by atoms with Crippen LogP contribution in [-0.2, 0) is 9.53 Å². The Morgan fingerprint density at radius 1 is 1.14 bits per heavy atom. The van der Waals surface area contributed by atoms with Crippen molar-refractivity contribution < 1.29 is 19.1 Å². The molecule has 0 aromatic heterocycles. The van der Waals surface area contributed by atoms with E-state index < -0.39 is 0 Å². The molecular weight excluding hydrogens is 356 g/mol. The van der Waals surface area contributed by atoms with Gasteiger partial charge in [0.1, 0.15) is 5.75 Å². The Labute approximate surface area is 168 Å². The Hall–Kier alpha value is -2.08. The van der Waals surface area contributed by atoms with Crippen LogP contribution in [0, 0.1) is 0 Å². The van der Waals surface area contributed by atoms with Crippen LogP contribution in [0.2, 0.25) is 0 Å². The maximum absolute atomic E-state index is 12.5. The van der Waals surface area contributed by atoms with Crippen LogP contribution in [-0.4, -0.2) is 54.7 Å². The molecule has 0 bridgehead atoms. The number of hydrogen-bond donors (Lipinski definition) is 1. The summed E-state index contributed by atoms with van der Waals surface area (Å²) in [5, 5.41) is 2.87. The van der Waals surface area contributed by atoms with Crippen LogP contribution in [0.25, 0.3) is 0 Å². The number of ether oxygens (including phenoxy) is 2. The first kappa shape index (κ1) is 22.2. The van der Waals surface area contributed by atoms with Crippen LogP contribution >= 0.6 is 0 Å². The van der Waals surface area contributed by atoms with Crippen molar-refractivity contribution in [3.05, 3.63) is 29.8 Å². The Bertz CT molecular complexity index is 620. The van der Waals surface area contributed by atoms with Crippen LogP contribution in [0.3, 0.4) is 0 Å². The van der Waals surface area contributed by atoms with E-state index in [9.17, 15) is 9.59 Å². The molecule has 156 valence electrons. The van der Waals surface area contributed by atoms with E-state index >= 15 is 0 Å². The zero-order valence-electron chi connectivity index (χ0n) is 17.6. The standard InChI is InChI=1S/C22H34N2O4/c1-16(2)27-14-6-13-23-22(26)19-9-11-20(12-10-19)28-15-21(25)24-17(3)7-5-8-18(24)4/h9-12,16-18H,5-8,13-15H2,1-4H3,(H,23,26). The van der Waals surface area contributed by atoms with E-state index in [0.717, 1.165) is 19.3 Å². The van der Waals surface area contributed by atoms with E-state index in [1.54, 1.807) is 24.3 Å². The highest BCUT2D eigenvalue weighted by Gasteiger charge is 2.28. The minimum absolute atomic E-state index is 0.0186. The van der Waals surface area contributed by atoms with Gasteiger partial charge in [0, 0.05) is 30.8 Å². The smallest absolute Gasteiger partial charge is 0.260 e. The number of likely N-dealkylation sites (tertiary alicyclic amines) is 1. The van der Waals surface area contributed by atoms with E-state index in [0.29, 0.717) is 24.5 Å². The minimum Gasteiger partial charge on any atom is -0.484 e. The number of rotatable bonds is 9. The molecule has 1 N–H and O–H groups in total. The number of nitrogens with zero attached hydrogens (tertiary/aromatic N) is 1. The fourth-order valence-corrected chi connectivity index (χ4v) is 3.53. The maximum atomic E-state index is 12.5. The average molecular weight is 391 g/mol. The van der Waals surface area contributed by atoms with Crippen molar-refractivity contribution in [1.29, 1.82) is 0 Å². The van der Waals surface area contributed by atoms with Crippen LogP contribution in [0.4, 0.5) is 0 Å². The van der Waals surface area contributed by atoms with Crippen molar-refractivity contribution >= 4 is 11.8 Å². The molecule has 0 saturated carbocycles. The van der Waals surface area contributed by atoms with Gasteiger partial charge in [-0.25, -0.2) is 0 Å². The van der Waals surface area contributed by atoms with Gasteiger partial charge in [-0.15, -0.1) is 0 Å². The third-order valence-corrected chi connectivity index (χ3v) is 5.02. The third-order valence-electron chi connectivity index (χ3n) is 5.02. The fourth-order valence-electron chi connectivity index (χ4n) is 3.53. The average Bonchev–Trinajstić information content (AvgIpc) is 2.66. The molecule has 2 atom stereocenters. The second-order valence-electron chi connectivity index (χ2n) is 7.77. The SMILES string of the molecule is CC(C)OCCCNC(=O)c1ccc(OCC(=O)N2C(C)CCCC2C)cc1. The molecule has 1 fully saturated rings. The van der Waals surface area contributed by atoms with Gasteiger partial charge in [-0.2, -0.15) is 0 Å². The molecule has 2 rings (SSSR count). The van der Waals surface area contributed by atoms with Crippen molar-refractivity contribution in [2.24, 2.45) is 0 Å². The zero-order valence-corrected chi connectivity index (χ0v) is 17.6. The molecule has 1 heterocycles. The van der Waals surface area contributed by atoms with Crippen molar-refractivity contribution in [2.75, 3.05) is 19.8 Å². The van der Waals surface area contributed by atoms with Crippen LogP contribution in [0.5, 0.6) is 5.75 Å². The third kappa shape index (κ3) is 6.82. The summed E-state index contributed by atoms with van der Waals surface area (Å²) in [7, 11) is 0. The first-order valence-electron chi connectivity index (χ1n) is 10.3. The molecule has 6 nitrogen and oxygen atoms in total. The lowest BCUT2D eigenvalue weighted by atomic mass is 9.97. The number of nitrogens with one attached hydrogen (secondary N) is 1. The lowest BCUT2D eigenvalue weighted by Gasteiger charge is -2.38. The minimum atomic E-state index is -0.122. The second-order valence-corrected chi connectivity index (χ2v) is 7.77. The molecule has 0 spiro atoms. The lowest BCUT2D eigenvalue weighted by molar-refractivity contribution is -0.139. The van der Waals surface area contributed by atoms with Gasteiger partial charge in [-0.05, 0) is 77.6 Å². The summed E-state index contributed by atoms with van der Waals surface area (Å²) in [6.45, 7) is 9.40. The van der Waals surface area contributed by atoms with Gasteiger partial charge in [0.15, 0.2) is 6.61 Å². The summed E-state index contributed by atoms with van der Waals surface area (Å²) in [4.78, 5) is 26.6. The molecule has 1 saturated heterocycles. The molecule has 0 radical (unpaired) electrons. The molecule has 28 heavy (non-hydrogen) atoms. The van der Waals surface area contributed by atoms with Gasteiger partial charge < -0.3 is 19.7 Å². The van der Waals surface area contributed by atoms with Crippen molar-refractivity contribution in [1.82, 2.24) is 10.2 Å². The second kappa shape index (κ2) is 11.1. The summed E-state index contributed by atoms with van der Waals surface area (Å²) in [6.07, 6.45) is 4.24. The van der Waals surface area contributed by atoms with Gasteiger partial charge in [0.2, 0.25) is 0 Å². The largest absolute Gasteiger partial charge is 0.484 e. The number of piperidine rings is 1. The number of hydrogen-bond acceptors (Lipinski definition) is 4. The number of amides is 2. The molecule has 1 aromatic carbocycles. The summed E-state index contributed by atoms with van der Waals surface area (Å²) < 4.78 is 11.1. The summed E-state index contributed by atoms with van der Waals surface area (Å²) in [6, 6.07) is 7.41. The van der Waals surface area contributed by atoms with E-state index in [1.165, 1.54) is 6.42 Å². The first-order valence-corrected chi connectivity index (χ1v) is 10.3. The van der Waals surface area contributed by atoms with E-state index in [1.807, 2.05) is 18.7 Å². The predicted octanol–water partition coefficient (Wildman–Crippen LogP) is 3.40. The molecule has 0 aliphatic carbocycles. The Morgan fingerprint density at radius 2 is 1.79 bits per heavy atom.